The summed E-state index contributed by atoms with van der Waals surface area (Å²) in [5.74, 6) is 0.207. The molecule has 1 aromatic rings. The molecular weight excluding hydrogens is 248 g/mol. The highest BCUT2D eigenvalue weighted by Crippen LogP contribution is 2.16. The van der Waals surface area contributed by atoms with Gasteiger partial charge in [-0.05, 0) is 24.5 Å². The summed E-state index contributed by atoms with van der Waals surface area (Å²) in [6.45, 7) is 5.86. The lowest BCUT2D eigenvalue weighted by Gasteiger charge is -2.20. The fourth-order valence-electron chi connectivity index (χ4n) is 1.75. The minimum absolute atomic E-state index is 0.0478. The fraction of sp³-hybridized carbons (Fsp3) is 0.462. The summed E-state index contributed by atoms with van der Waals surface area (Å²) in [5.41, 5.74) is 0.170. The van der Waals surface area contributed by atoms with E-state index in [0.717, 1.165) is 0 Å². The highest BCUT2D eigenvalue weighted by molar-refractivity contribution is 7.89. The molecule has 0 aliphatic heterocycles. The summed E-state index contributed by atoms with van der Waals surface area (Å²) in [6.07, 6.45) is 0.714. The van der Waals surface area contributed by atoms with E-state index >= 15 is 0 Å². The molecule has 18 heavy (non-hydrogen) atoms. The van der Waals surface area contributed by atoms with E-state index in [1.165, 1.54) is 12.1 Å². The van der Waals surface area contributed by atoms with Gasteiger partial charge in [-0.1, -0.05) is 32.9 Å². The van der Waals surface area contributed by atoms with Crippen molar-refractivity contribution in [2.24, 2.45) is 5.92 Å². The molecule has 1 unspecified atom stereocenters. The standard InChI is InChI=1S/C13H18N2O2S/c1-4-12(10(2)3)15-18(16,17)13-8-6-5-7-11(13)9-14/h5-8,10,12,15H,4H2,1-3H3. The number of benzene rings is 1. The van der Waals surface area contributed by atoms with Crippen molar-refractivity contribution in [3.05, 3.63) is 29.8 Å². The van der Waals surface area contributed by atoms with E-state index in [4.69, 9.17) is 5.26 Å². The second kappa shape index (κ2) is 5.98. The lowest BCUT2D eigenvalue weighted by molar-refractivity contribution is 0.437. The first-order chi connectivity index (χ1) is 8.42. The molecule has 0 bridgehead atoms. The van der Waals surface area contributed by atoms with Crippen LogP contribution in [0, 0.1) is 17.2 Å². The highest BCUT2D eigenvalue weighted by atomic mass is 32.2. The summed E-state index contributed by atoms with van der Waals surface area (Å²) in [4.78, 5) is 0.0478. The van der Waals surface area contributed by atoms with E-state index in [1.807, 2.05) is 26.8 Å². The van der Waals surface area contributed by atoms with Gasteiger partial charge in [0.05, 0.1) is 10.5 Å². The Bertz CT molecular complexity index is 544. The van der Waals surface area contributed by atoms with E-state index in [0.29, 0.717) is 6.42 Å². The molecule has 0 saturated heterocycles. The monoisotopic (exact) mass is 266 g/mol. The van der Waals surface area contributed by atoms with E-state index < -0.39 is 10.0 Å². The average Bonchev–Trinajstić information content (AvgIpc) is 2.35. The second-order valence-corrected chi connectivity index (χ2v) is 6.17. The number of hydrogen-bond donors (Lipinski definition) is 1. The maximum absolute atomic E-state index is 12.2. The van der Waals surface area contributed by atoms with Crippen molar-refractivity contribution in [3.63, 3.8) is 0 Å². The summed E-state index contributed by atoms with van der Waals surface area (Å²) in [5, 5.41) is 8.94. The van der Waals surface area contributed by atoms with Gasteiger partial charge in [0.2, 0.25) is 10.0 Å². The number of hydrogen-bond acceptors (Lipinski definition) is 3. The van der Waals surface area contributed by atoms with Crippen LogP contribution in [0.4, 0.5) is 0 Å². The first-order valence-corrected chi connectivity index (χ1v) is 7.42. The molecule has 1 aromatic carbocycles. The first kappa shape index (κ1) is 14.7. The molecule has 98 valence electrons. The van der Waals surface area contributed by atoms with Crippen LogP contribution in [0.15, 0.2) is 29.2 Å². The topological polar surface area (TPSA) is 70.0 Å². The Labute approximate surface area is 109 Å². The maximum atomic E-state index is 12.2. The number of sulfonamides is 1. The van der Waals surface area contributed by atoms with Gasteiger partial charge in [0.25, 0.3) is 0 Å². The van der Waals surface area contributed by atoms with Crippen LogP contribution in [-0.2, 0) is 10.0 Å². The quantitative estimate of drug-likeness (QED) is 0.888. The second-order valence-electron chi connectivity index (χ2n) is 4.49. The molecule has 0 aliphatic rings. The van der Waals surface area contributed by atoms with Crippen LogP contribution >= 0.6 is 0 Å². The van der Waals surface area contributed by atoms with Crippen molar-refractivity contribution in [1.82, 2.24) is 4.72 Å². The van der Waals surface area contributed by atoms with Crippen molar-refractivity contribution in [2.45, 2.75) is 38.1 Å². The van der Waals surface area contributed by atoms with Crippen molar-refractivity contribution in [3.8, 4) is 6.07 Å². The van der Waals surface area contributed by atoms with Gasteiger partial charge in [0, 0.05) is 6.04 Å². The van der Waals surface area contributed by atoms with E-state index in [9.17, 15) is 8.42 Å². The molecule has 1 atom stereocenters. The van der Waals surface area contributed by atoms with Crippen molar-refractivity contribution >= 4 is 10.0 Å². The van der Waals surface area contributed by atoms with Gasteiger partial charge in [-0.3, -0.25) is 0 Å². The van der Waals surface area contributed by atoms with Crippen molar-refractivity contribution < 1.29 is 8.42 Å². The van der Waals surface area contributed by atoms with E-state index in [2.05, 4.69) is 4.72 Å². The molecule has 0 fully saturated rings. The van der Waals surface area contributed by atoms with Crippen LogP contribution in [0.2, 0.25) is 0 Å². The number of nitrogens with zero attached hydrogens (tertiary/aromatic N) is 1. The van der Waals surface area contributed by atoms with Crippen LogP contribution in [0.3, 0.4) is 0 Å². The minimum Gasteiger partial charge on any atom is -0.208 e. The third-order valence-corrected chi connectivity index (χ3v) is 4.40. The summed E-state index contributed by atoms with van der Waals surface area (Å²) >= 11 is 0. The molecule has 0 aliphatic carbocycles. The molecule has 0 heterocycles. The largest absolute Gasteiger partial charge is 0.242 e. The predicted molar refractivity (Wildman–Crippen MR) is 70.4 cm³/mol. The zero-order chi connectivity index (χ0) is 13.8. The van der Waals surface area contributed by atoms with E-state index in [1.54, 1.807) is 12.1 Å². The molecule has 0 saturated carbocycles. The molecule has 0 aromatic heterocycles. The summed E-state index contributed by atoms with van der Waals surface area (Å²) in [6, 6.07) is 8.00. The SMILES string of the molecule is CCC(NS(=O)(=O)c1ccccc1C#N)C(C)C. The third kappa shape index (κ3) is 3.31. The van der Waals surface area contributed by atoms with Gasteiger partial charge in [-0.15, -0.1) is 0 Å². The Morgan fingerprint density at radius 2 is 1.94 bits per heavy atom. The van der Waals surface area contributed by atoms with Gasteiger partial charge in [-0.2, -0.15) is 5.26 Å². The van der Waals surface area contributed by atoms with Gasteiger partial charge >= 0.3 is 0 Å². The lowest BCUT2D eigenvalue weighted by atomic mass is 10.0. The van der Waals surface area contributed by atoms with Crippen molar-refractivity contribution in [1.29, 1.82) is 5.26 Å². The fourth-order valence-corrected chi connectivity index (χ4v) is 3.37. The number of rotatable bonds is 5. The Morgan fingerprint density at radius 3 is 2.44 bits per heavy atom. The van der Waals surface area contributed by atoms with Crippen LogP contribution < -0.4 is 4.72 Å². The molecule has 1 N–H and O–H groups in total. The molecule has 0 amide bonds. The Hall–Kier alpha value is -1.38. The van der Waals surface area contributed by atoms with Crippen LogP contribution in [0.25, 0.3) is 0 Å². The van der Waals surface area contributed by atoms with Gasteiger partial charge in [0.1, 0.15) is 6.07 Å². The Morgan fingerprint density at radius 1 is 1.33 bits per heavy atom. The third-order valence-electron chi connectivity index (χ3n) is 2.85. The first-order valence-electron chi connectivity index (χ1n) is 5.93. The average molecular weight is 266 g/mol. The minimum atomic E-state index is -3.63. The van der Waals surface area contributed by atoms with Crippen LogP contribution in [0.1, 0.15) is 32.8 Å². The molecular formula is C13H18N2O2S. The highest BCUT2D eigenvalue weighted by Gasteiger charge is 2.23. The normalized spacial score (nSPS) is 13.3. The van der Waals surface area contributed by atoms with E-state index in [-0.39, 0.29) is 22.4 Å². The smallest absolute Gasteiger partial charge is 0.208 e. The molecule has 4 nitrogen and oxygen atoms in total. The van der Waals surface area contributed by atoms with Gasteiger partial charge in [0.15, 0.2) is 0 Å². The van der Waals surface area contributed by atoms with Crippen molar-refractivity contribution in [2.75, 3.05) is 0 Å². The number of nitriles is 1. The molecule has 0 radical (unpaired) electrons. The van der Waals surface area contributed by atoms with Gasteiger partial charge in [-0.25, -0.2) is 13.1 Å². The molecule has 0 spiro atoms. The molecule has 5 heteroatoms. The number of nitrogens with one attached hydrogen (secondary N) is 1. The summed E-state index contributed by atoms with van der Waals surface area (Å²) in [7, 11) is -3.63. The molecule has 1 rings (SSSR count). The van der Waals surface area contributed by atoms with Gasteiger partial charge < -0.3 is 0 Å². The Balaban J connectivity index is 3.11. The predicted octanol–water partition coefficient (Wildman–Crippen LogP) is 2.27. The Kier molecular flexibility index (Phi) is 4.88. The zero-order valence-electron chi connectivity index (χ0n) is 10.8. The maximum Gasteiger partial charge on any atom is 0.242 e. The van der Waals surface area contributed by atoms with Crippen LogP contribution in [0.5, 0.6) is 0 Å². The lowest BCUT2D eigenvalue weighted by Crippen LogP contribution is -2.38. The zero-order valence-corrected chi connectivity index (χ0v) is 11.7. The summed E-state index contributed by atoms with van der Waals surface area (Å²) < 4.78 is 27.1. The van der Waals surface area contributed by atoms with Crippen LogP contribution in [-0.4, -0.2) is 14.5 Å².